The number of ether oxygens (including phenoxy) is 1. The van der Waals surface area contributed by atoms with Crippen LogP contribution in [0.4, 0.5) is 0 Å². The van der Waals surface area contributed by atoms with Crippen molar-refractivity contribution in [3.63, 3.8) is 0 Å². The number of aldehydes is 1. The summed E-state index contributed by atoms with van der Waals surface area (Å²) in [5.74, 6) is -1.04. The second-order valence-electron chi connectivity index (χ2n) is 5.66. The van der Waals surface area contributed by atoms with Crippen molar-refractivity contribution < 1.29 is 14.3 Å². The Morgan fingerprint density at radius 2 is 2.18 bits per heavy atom. The first kappa shape index (κ1) is 14.2. The Labute approximate surface area is 103 Å². The van der Waals surface area contributed by atoms with E-state index in [0.717, 1.165) is 19.4 Å². The first-order valence-corrected chi connectivity index (χ1v) is 6.34. The molecule has 1 N–H and O–H groups in total. The molecule has 2 atom stereocenters. The van der Waals surface area contributed by atoms with E-state index in [9.17, 15) is 9.59 Å². The van der Waals surface area contributed by atoms with Crippen LogP contribution in [0.1, 0.15) is 46.5 Å². The van der Waals surface area contributed by atoms with Gasteiger partial charge < -0.3 is 14.8 Å². The van der Waals surface area contributed by atoms with E-state index in [4.69, 9.17) is 4.74 Å². The van der Waals surface area contributed by atoms with Crippen molar-refractivity contribution >= 4 is 12.3 Å². The molecule has 1 aliphatic rings. The van der Waals surface area contributed by atoms with Crippen molar-refractivity contribution in [1.29, 1.82) is 0 Å². The number of carbonyl (C=O) groups is 2. The van der Waals surface area contributed by atoms with E-state index in [1.165, 1.54) is 6.42 Å². The van der Waals surface area contributed by atoms with Crippen LogP contribution in [-0.4, -0.2) is 30.4 Å². The predicted octanol–water partition coefficient (Wildman–Crippen LogP) is 1.68. The highest BCUT2D eigenvalue weighted by atomic mass is 16.6. The molecular formula is C13H23NO3. The highest BCUT2D eigenvalue weighted by molar-refractivity contribution is 5.87. The fourth-order valence-corrected chi connectivity index (χ4v) is 2.02. The maximum Gasteiger partial charge on any atom is 0.316 e. The minimum Gasteiger partial charge on any atom is -0.459 e. The Bertz CT molecular complexity index is 264. The molecule has 1 saturated heterocycles. The van der Waals surface area contributed by atoms with Gasteiger partial charge in [-0.3, -0.25) is 4.79 Å². The molecule has 0 saturated carbocycles. The molecule has 2 unspecified atom stereocenters. The fourth-order valence-electron chi connectivity index (χ4n) is 2.02. The number of hydrogen-bond donors (Lipinski definition) is 1. The summed E-state index contributed by atoms with van der Waals surface area (Å²) in [6.45, 7) is 6.41. The van der Waals surface area contributed by atoms with Crippen LogP contribution in [0.15, 0.2) is 0 Å². The van der Waals surface area contributed by atoms with Crippen LogP contribution in [0.25, 0.3) is 0 Å². The van der Waals surface area contributed by atoms with Gasteiger partial charge in [0.2, 0.25) is 0 Å². The van der Waals surface area contributed by atoms with Gasteiger partial charge in [0.15, 0.2) is 0 Å². The molecule has 0 amide bonds. The maximum absolute atomic E-state index is 11.8. The van der Waals surface area contributed by atoms with E-state index in [2.05, 4.69) is 5.32 Å². The molecule has 0 aromatic rings. The lowest BCUT2D eigenvalue weighted by Crippen LogP contribution is -2.38. The van der Waals surface area contributed by atoms with E-state index in [1.54, 1.807) is 0 Å². The van der Waals surface area contributed by atoms with Crippen molar-refractivity contribution in [2.24, 2.45) is 5.92 Å². The lowest BCUT2D eigenvalue weighted by Gasteiger charge is -2.27. The van der Waals surface area contributed by atoms with E-state index in [0.29, 0.717) is 12.7 Å². The van der Waals surface area contributed by atoms with Crippen molar-refractivity contribution in [2.45, 2.75) is 58.1 Å². The van der Waals surface area contributed by atoms with E-state index >= 15 is 0 Å². The third-order valence-corrected chi connectivity index (χ3v) is 2.82. The zero-order valence-electron chi connectivity index (χ0n) is 11.0. The van der Waals surface area contributed by atoms with Gasteiger partial charge in [0, 0.05) is 6.04 Å². The van der Waals surface area contributed by atoms with Gasteiger partial charge >= 0.3 is 5.97 Å². The lowest BCUT2D eigenvalue weighted by atomic mass is 9.94. The third-order valence-electron chi connectivity index (χ3n) is 2.82. The van der Waals surface area contributed by atoms with Crippen molar-refractivity contribution in [2.75, 3.05) is 6.54 Å². The van der Waals surface area contributed by atoms with E-state index in [1.807, 2.05) is 20.8 Å². The smallest absolute Gasteiger partial charge is 0.316 e. The second-order valence-corrected chi connectivity index (χ2v) is 5.66. The first-order chi connectivity index (χ1) is 7.92. The largest absolute Gasteiger partial charge is 0.459 e. The normalized spacial score (nSPS) is 22.9. The molecule has 0 aromatic heterocycles. The Morgan fingerprint density at radius 3 is 2.65 bits per heavy atom. The van der Waals surface area contributed by atoms with Crippen LogP contribution in [0.3, 0.4) is 0 Å². The number of piperidine rings is 1. The minimum atomic E-state index is -0.634. The summed E-state index contributed by atoms with van der Waals surface area (Å²) >= 11 is 0. The Morgan fingerprint density at radius 1 is 1.47 bits per heavy atom. The SMILES string of the molecule is CC(C)(C)OC(=O)C(C=O)CC1CCCCN1. The number of rotatable bonds is 4. The van der Waals surface area contributed by atoms with Crippen LogP contribution < -0.4 is 5.32 Å². The number of hydrogen-bond acceptors (Lipinski definition) is 4. The van der Waals surface area contributed by atoms with E-state index < -0.39 is 17.5 Å². The topological polar surface area (TPSA) is 55.4 Å². The van der Waals surface area contributed by atoms with Crippen LogP contribution in [0, 0.1) is 5.92 Å². The third kappa shape index (κ3) is 5.31. The van der Waals surface area contributed by atoms with Gasteiger partial charge in [-0.25, -0.2) is 0 Å². The van der Waals surface area contributed by atoms with Gasteiger partial charge in [-0.05, 0) is 46.6 Å². The summed E-state index contributed by atoms with van der Waals surface area (Å²) < 4.78 is 5.23. The first-order valence-electron chi connectivity index (χ1n) is 6.34. The molecule has 0 bridgehead atoms. The standard InChI is InChI=1S/C13H23NO3/c1-13(2,3)17-12(16)10(9-15)8-11-6-4-5-7-14-11/h9-11,14H,4-8H2,1-3H3. The minimum absolute atomic E-state index is 0.270. The highest BCUT2D eigenvalue weighted by Crippen LogP contribution is 2.18. The zero-order valence-corrected chi connectivity index (χ0v) is 11.0. The average molecular weight is 241 g/mol. The van der Waals surface area contributed by atoms with Crippen LogP contribution in [0.2, 0.25) is 0 Å². The van der Waals surface area contributed by atoms with Gasteiger partial charge in [-0.2, -0.15) is 0 Å². The molecule has 17 heavy (non-hydrogen) atoms. The molecule has 1 heterocycles. The van der Waals surface area contributed by atoms with Gasteiger partial charge in [-0.15, -0.1) is 0 Å². The molecule has 1 fully saturated rings. The molecule has 0 spiro atoms. The van der Waals surface area contributed by atoms with Crippen LogP contribution in [0.5, 0.6) is 0 Å². The summed E-state index contributed by atoms with van der Waals surface area (Å²) in [6, 6.07) is 0.270. The molecule has 98 valence electrons. The highest BCUT2D eigenvalue weighted by Gasteiger charge is 2.27. The molecule has 1 rings (SSSR count). The quantitative estimate of drug-likeness (QED) is 0.462. The summed E-state index contributed by atoms with van der Waals surface area (Å²) in [4.78, 5) is 22.8. The van der Waals surface area contributed by atoms with Crippen molar-refractivity contribution in [1.82, 2.24) is 5.32 Å². The van der Waals surface area contributed by atoms with Crippen LogP contribution >= 0.6 is 0 Å². The Kier molecular flexibility index (Phi) is 5.12. The summed E-state index contributed by atoms with van der Waals surface area (Å²) in [5.41, 5.74) is -0.529. The lowest BCUT2D eigenvalue weighted by molar-refractivity contribution is -0.160. The molecule has 0 aromatic carbocycles. The summed E-state index contributed by atoms with van der Waals surface area (Å²) in [6.07, 6.45) is 4.64. The van der Waals surface area contributed by atoms with Gasteiger partial charge in [0.25, 0.3) is 0 Å². The van der Waals surface area contributed by atoms with Gasteiger partial charge in [-0.1, -0.05) is 6.42 Å². The number of esters is 1. The van der Waals surface area contributed by atoms with Gasteiger partial charge in [0.1, 0.15) is 17.8 Å². The second kappa shape index (κ2) is 6.15. The maximum atomic E-state index is 11.8. The number of carbonyl (C=O) groups excluding carboxylic acids is 2. The summed E-state index contributed by atoms with van der Waals surface area (Å²) in [5, 5.41) is 3.33. The van der Waals surface area contributed by atoms with Crippen molar-refractivity contribution in [3.05, 3.63) is 0 Å². The predicted molar refractivity (Wildman–Crippen MR) is 65.7 cm³/mol. The van der Waals surface area contributed by atoms with Crippen LogP contribution in [-0.2, 0) is 14.3 Å². The molecule has 4 heteroatoms. The monoisotopic (exact) mass is 241 g/mol. The van der Waals surface area contributed by atoms with Crippen molar-refractivity contribution in [3.8, 4) is 0 Å². The van der Waals surface area contributed by atoms with Gasteiger partial charge in [0.05, 0.1) is 0 Å². The molecular weight excluding hydrogens is 218 g/mol. The Balaban J connectivity index is 2.46. The molecule has 1 aliphatic heterocycles. The number of nitrogens with one attached hydrogen (secondary N) is 1. The fraction of sp³-hybridized carbons (Fsp3) is 0.846. The molecule has 0 aliphatic carbocycles. The zero-order chi connectivity index (χ0) is 12.9. The average Bonchev–Trinajstić information content (AvgIpc) is 2.24. The summed E-state index contributed by atoms with van der Waals surface area (Å²) in [7, 11) is 0. The van der Waals surface area contributed by atoms with E-state index in [-0.39, 0.29) is 6.04 Å². The molecule has 0 radical (unpaired) electrons. The molecule has 4 nitrogen and oxygen atoms in total. The Hall–Kier alpha value is -0.900.